The van der Waals surface area contributed by atoms with Crippen molar-refractivity contribution in [2.24, 2.45) is 0 Å². The third kappa shape index (κ3) is 4.19. The highest BCUT2D eigenvalue weighted by atomic mass is 16.7. The molecule has 0 bridgehead atoms. The highest BCUT2D eigenvalue weighted by Gasteiger charge is 2.35. The van der Waals surface area contributed by atoms with Crippen LogP contribution in [0.2, 0.25) is 0 Å². The van der Waals surface area contributed by atoms with Gasteiger partial charge in [0.15, 0.2) is 6.29 Å². The Bertz CT molecular complexity index is 965. The van der Waals surface area contributed by atoms with Gasteiger partial charge >= 0.3 is 5.97 Å². The largest absolute Gasteiger partial charge is 0.460 e. The number of methoxy groups -OCH3 is 2. The summed E-state index contributed by atoms with van der Waals surface area (Å²) in [4.78, 5) is 16.4. The number of carbonyl (C=O) groups is 1. The average molecular weight is 394 g/mol. The van der Waals surface area contributed by atoms with Crippen LogP contribution in [0.25, 0.3) is 10.9 Å². The maximum atomic E-state index is 12.9. The molecule has 0 aliphatic carbocycles. The molecule has 152 valence electrons. The van der Waals surface area contributed by atoms with E-state index in [1.165, 1.54) is 0 Å². The molecule has 4 rings (SSSR count). The summed E-state index contributed by atoms with van der Waals surface area (Å²) < 4.78 is 16.4. The molecule has 1 aliphatic rings. The van der Waals surface area contributed by atoms with Gasteiger partial charge in [0, 0.05) is 43.7 Å². The average Bonchev–Trinajstić information content (AvgIpc) is 3.15. The van der Waals surface area contributed by atoms with Crippen LogP contribution in [0.1, 0.15) is 29.3 Å². The van der Waals surface area contributed by atoms with Crippen molar-refractivity contribution in [1.82, 2.24) is 10.3 Å². The van der Waals surface area contributed by atoms with Gasteiger partial charge in [-0.25, -0.2) is 0 Å². The number of carbonyl (C=O) groups excluding carboxylic acids is 1. The first-order valence-electron chi connectivity index (χ1n) is 9.81. The fourth-order valence-corrected chi connectivity index (χ4v) is 3.98. The molecule has 0 saturated heterocycles. The first kappa shape index (κ1) is 19.6. The maximum absolute atomic E-state index is 12.9. The number of benzene rings is 2. The van der Waals surface area contributed by atoms with Gasteiger partial charge < -0.3 is 19.2 Å². The fourth-order valence-electron chi connectivity index (χ4n) is 3.98. The van der Waals surface area contributed by atoms with Gasteiger partial charge in [-0.1, -0.05) is 48.5 Å². The number of rotatable bonds is 7. The smallest absolute Gasteiger partial charge is 0.323 e. The predicted octanol–water partition coefficient (Wildman–Crippen LogP) is 3.48. The molecule has 2 atom stereocenters. The summed E-state index contributed by atoms with van der Waals surface area (Å²) in [5, 5.41) is 4.58. The second-order valence-corrected chi connectivity index (χ2v) is 7.27. The molecule has 2 N–H and O–H groups in total. The summed E-state index contributed by atoms with van der Waals surface area (Å²) in [6.07, 6.45) is 0.787. The van der Waals surface area contributed by atoms with Crippen molar-refractivity contribution in [3.05, 3.63) is 71.4 Å². The van der Waals surface area contributed by atoms with Crippen LogP contribution < -0.4 is 5.32 Å². The molecule has 0 radical (unpaired) electrons. The van der Waals surface area contributed by atoms with Crippen molar-refractivity contribution in [3.63, 3.8) is 0 Å². The maximum Gasteiger partial charge on any atom is 0.323 e. The molecular weight excluding hydrogens is 368 g/mol. The van der Waals surface area contributed by atoms with Gasteiger partial charge in [-0.2, -0.15) is 0 Å². The van der Waals surface area contributed by atoms with E-state index in [-0.39, 0.29) is 24.9 Å². The van der Waals surface area contributed by atoms with Crippen molar-refractivity contribution in [2.75, 3.05) is 14.2 Å². The van der Waals surface area contributed by atoms with E-state index in [1.807, 2.05) is 42.5 Å². The van der Waals surface area contributed by atoms with Crippen LogP contribution in [0.3, 0.4) is 0 Å². The van der Waals surface area contributed by atoms with Crippen molar-refractivity contribution in [2.45, 2.75) is 37.8 Å². The second kappa shape index (κ2) is 8.78. The molecule has 1 unspecified atom stereocenters. The predicted molar refractivity (Wildman–Crippen MR) is 110 cm³/mol. The standard InChI is InChI=1S/C23H26N2O4/c1-27-21(28-2)13-19-22-17(16-10-6-7-11-18(16)25-22)12-20(24-19)23(26)29-14-15-8-4-3-5-9-15/h3-11,19-21,24-25H,12-14H2,1-2H3/t19?,20-/m0/s1. The van der Waals surface area contributed by atoms with Crippen LogP contribution >= 0.6 is 0 Å². The monoisotopic (exact) mass is 394 g/mol. The highest BCUT2D eigenvalue weighted by molar-refractivity contribution is 5.87. The highest BCUT2D eigenvalue weighted by Crippen LogP contribution is 2.34. The van der Waals surface area contributed by atoms with Crippen LogP contribution in [0.4, 0.5) is 0 Å². The van der Waals surface area contributed by atoms with Gasteiger partial charge in [0.25, 0.3) is 0 Å². The number of nitrogens with one attached hydrogen (secondary N) is 2. The van der Waals surface area contributed by atoms with E-state index in [0.29, 0.717) is 12.8 Å². The number of para-hydroxylation sites is 1. The Morgan fingerprint density at radius 2 is 1.79 bits per heavy atom. The number of aromatic amines is 1. The Balaban J connectivity index is 1.57. The molecule has 2 aromatic carbocycles. The lowest BCUT2D eigenvalue weighted by Crippen LogP contribution is -2.46. The number of H-pyrrole nitrogens is 1. The summed E-state index contributed by atoms with van der Waals surface area (Å²) >= 11 is 0. The normalized spacial score (nSPS) is 18.7. The first-order chi connectivity index (χ1) is 14.2. The third-order valence-electron chi connectivity index (χ3n) is 5.47. The van der Waals surface area contributed by atoms with E-state index < -0.39 is 6.04 Å². The molecule has 0 amide bonds. The summed E-state index contributed by atoms with van der Waals surface area (Å²) in [5.41, 5.74) is 4.27. The number of ether oxygens (including phenoxy) is 3. The fraction of sp³-hybridized carbons (Fsp3) is 0.348. The topological polar surface area (TPSA) is 72.6 Å². The van der Waals surface area contributed by atoms with Crippen LogP contribution in [-0.4, -0.2) is 37.5 Å². The zero-order valence-corrected chi connectivity index (χ0v) is 16.7. The molecule has 1 aliphatic heterocycles. The Morgan fingerprint density at radius 1 is 1.07 bits per heavy atom. The van der Waals surface area contributed by atoms with Gasteiger partial charge in [0.05, 0.1) is 6.04 Å². The zero-order chi connectivity index (χ0) is 20.2. The number of fused-ring (bicyclic) bond motifs is 3. The van der Waals surface area contributed by atoms with Gasteiger partial charge in [-0.3, -0.25) is 10.1 Å². The minimum atomic E-state index is -0.426. The lowest BCUT2D eigenvalue weighted by molar-refractivity contribution is -0.148. The minimum absolute atomic E-state index is 0.106. The van der Waals surface area contributed by atoms with E-state index in [0.717, 1.165) is 27.7 Å². The lowest BCUT2D eigenvalue weighted by Gasteiger charge is -2.31. The zero-order valence-electron chi connectivity index (χ0n) is 16.7. The van der Waals surface area contributed by atoms with E-state index in [4.69, 9.17) is 14.2 Å². The molecular formula is C23H26N2O4. The van der Waals surface area contributed by atoms with Gasteiger partial charge in [-0.05, 0) is 17.2 Å². The van der Waals surface area contributed by atoms with E-state index in [2.05, 4.69) is 22.4 Å². The molecule has 3 aromatic rings. The quantitative estimate of drug-likeness (QED) is 0.474. The SMILES string of the molecule is COC(CC1N[C@H](C(=O)OCc2ccccc2)Cc2c1[nH]c1ccccc21)OC. The molecule has 2 heterocycles. The Labute approximate surface area is 170 Å². The van der Waals surface area contributed by atoms with Crippen molar-refractivity contribution in [1.29, 1.82) is 0 Å². The molecule has 6 heteroatoms. The third-order valence-corrected chi connectivity index (χ3v) is 5.47. The summed E-state index contributed by atoms with van der Waals surface area (Å²) in [7, 11) is 3.24. The van der Waals surface area contributed by atoms with Crippen LogP contribution in [0, 0.1) is 0 Å². The van der Waals surface area contributed by atoms with Crippen LogP contribution in [0.15, 0.2) is 54.6 Å². The minimum Gasteiger partial charge on any atom is -0.460 e. The van der Waals surface area contributed by atoms with E-state index in [9.17, 15) is 4.79 Å². The van der Waals surface area contributed by atoms with E-state index in [1.54, 1.807) is 14.2 Å². The number of esters is 1. The van der Waals surface area contributed by atoms with Crippen LogP contribution in [0.5, 0.6) is 0 Å². The lowest BCUT2D eigenvalue weighted by atomic mass is 9.92. The number of hydrogen-bond donors (Lipinski definition) is 2. The van der Waals surface area contributed by atoms with Gasteiger partial charge in [0.2, 0.25) is 0 Å². The summed E-state index contributed by atoms with van der Waals surface area (Å²) in [6.45, 7) is 0.266. The molecule has 1 aromatic heterocycles. The molecule has 29 heavy (non-hydrogen) atoms. The Hall–Kier alpha value is -2.67. The molecule has 6 nitrogen and oxygen atoms in total. The van der Waals surface area contributed by atoms with Crippen molar-refractivity contribution >= 4 is 16.9 Å². The molecule has 0 saturated carbocycles. The first-order valence-corrected chi connectivity index (χ1v) is 9.81. The van der Waals surface area contributed by atoms with Crippen molar-refractivity contribution < 1.29 is 19.0 Å². The number of hydrogen-bond acceptors (Lipinski definition) is 5. The Kier molecular flexibility index (Phi) is 5.94. The molecule has 0 fully saturated rings. The summed E-state index contributed by atoms with van der Waals surface area (Å²) in [6, 6.07) is 17.3. The van der Waals surface area contributed by atoms with Crippen LogP contribution in [-0.2, 0) is 32.0 Å². The van der Waals surface area contributed by atoms with Gasteiger partial charge in [-0.15, -0.1) is 0 Å². The Morgan fingerprint density at radius 3 is 2.55 bits per heavy atom. The van der Waals surface area contributed by atoms with E-state index >= 15 is 0 Å². The van der Waals surface area contributed by atoms with Gasteiger partial charge in [0.1, 0.15) is 12.6 Å². The molecule has 0 spiro atoms. The second-order valence-electron chi connectivity index (χ2n) is 7.27. The number of aromatic nitrogens is 1. The summed E-state index contributed by atoms with van der Waals surface area (Å²) in [5.74, 6) is -0.249. The van der Waals surface area contributed by atoms with Crippen molar-refractivity contribution in [3.8, 4) is 0 Å².